The van der Waals surface area contributed by atoms with Crippen molar-refractivity contribution in [1.82, 2.24) is 9.13 Å². The molecule has 3 N–H and O–H groups in total. The maximum Gasteiger partial charge on any atom is 0.264 e. The van der Waals surface area contributed by atoms with Gasteiger partial charge in [-0.2, -0.15) is 5.26 Å². The molecule has 0 amide bonds. The van der Waals surface area contributed by atoms with Gasteiger partial charge in [0, 0.05) is 28.9 Å². The average Bonchev–Trinajstić information content (AvgIpc) is 3.14. The Labute approximate surface area is 215 Å². The van der Waals surface area contributed by atoms with E-state index in [-0.39, 0.29) is 28.3 Å². The van der Waals surface area contributed by atoms with E-state index in [9.17, 15) is 15.2 Å². The molecule has 4 rings (SSSR count). The van der Waals surface area contributed by atoms with Crippen LogP contribution in [0.2, 0.25) is 5.02 Å². The second kappa shape index (κ2) is 10.8. The van der Waals surface area contributed by atoms with Crippen LogP contribution in [0.5, 0.6) is 5.75 Å². The zero-order valence-corrected chi connectivity index (χ0v) is 21.2. The summed E-state index contributed by atoms with van der Waals surface area (Å²) in [4.78, 5) is 14.0. The molecule has 2 aromatic heterocycles. The highest BCUT2D eigenvalue weighted by Crippen LogP contribution is 2.42. The van der Waals surface area contributed by atoms with Crippen molar-refractivity contribution >= 4 is 17.4 Å². The molecule has 0 aliphatic rings. The molecule has 0 radical (unpaired) electrons. The Morgan fingerprint density at radius 2 is 1.72 bits per heavy atom. The number of nitrogen functional groups attached to an aromatic ring is 1. The summed E-state index contributed by atoms with van der Waals surface area (Å²) in [5.74, 6) is 0.137. The van der Waals surface area contributed by atoms with E-state index in [1.54, 1.807) is 46.4 Å². The SMILES string of the molecule is CCCCCn1c(N)c(C#N)c(-c2ccc(Cl)cc2)c1-c1c(O)cc(C)n(Cc2ccccc2)c1=O. The minimum atomic E-state index is -0.342. The number of unbranched alkanes of at least 4 members (excludes halogenated alkanes) is 2. The second-order valence-electron chi connectivity index (χ2n) is 8.88. The predicted octanol–water partition coefficient (Wildman–Crippen LogP) is 6.34. The topological polar surface area (TPSA) is 97.0 Å². The number of benzene rings is 2. The van der Waals surface area contributed by atoms with Gasteiger partial charge in [-0.3, -0.25) is 4.79 Å². The van der Waals surface area contributed by atoms with Gasteiger partial charge in [0.05, 0.1) is 12.2 Å². The zero-order valence-electron chi connectivity index (χ0n) is 20.5. The average molecular weight is 501 g/mol. The van der Waals surface area contributed by atoms with Crippen LogP contribution in [0.3, 0.4) is 0 Å². The Hall–Kier alpha value is -3.95. The number of aryl methyl sites for hydroxylation is 1. The molecule has 0 saturated heterocycles. The Morgan fingerprint density at radius 3 is 2.36 bits per heavy atom. The molecule has 0 aliphatic heterocycles. The lowest BCUT2D eigenvalue weighted by atomic mass is 9.97. The maximum atomic E-state index is 14.0. The van der Waals surface area contributed by atoms with Crippen molar-refractivity contribution in [3.63, 3.8) is 0 Å². The van der Waals surface area contributed by atoms with E-state index in [1.807, 2.05) is 30.3 Å². The molecule has 2 aromatic carbocycles. The third-order valence-corrected chi connectivity index (χ3v) is 6.69. The van der Waals surface area contributed by atoms with Crippen LogP contribution >= 0.6 is 11.6 Å². The van der Waals surface area contributed by atoms with E-state index in [1.165, 1.54) is 0 Å². The molecule has 2 heterocycles. The van der Waals surface area contributed by atoms with E-state index in [2.05, 4.69) is 13.0 Å². The third kappa shape index (κ3) is 4.75. The van der Waals surface area contributed by atoms with Crippen LogP contribution in [-0.2, 0) is 13.1 Å². The number of aromatic nitrogens is 2. The fourth-order valence-corrected chi connectivity index (χ4v) is 4.72. The van der Waals surface area contributed by atoms with Gasteiger partial charge in [-0.1, -0.05) is 73.8 Å². The molecule has 0 bridgehead atoms. The van der Waals surface area contributed by atoms with E-state index in [0.29, 0.717) is 40.6 Å². The van der Waals surface area contributed by atoms with E-state index >= 15 is 0 Å². The van der Waals surface area contributed by atoms with Gasteiger partial charge < -0.3 is 20.0 Å². The number of rotatable bonds is 8. The standard InChI is InChI=1S/C29H29ClN4O2/c1-3-4-8-15-33-27(25(23(17-31)28(33)32)21-11-13-22(30)14-12-21)26-24(35)16-19(2)34(29(26)36)18-20-9-6-5-7-10-20/h5-7,9-14,16,35H,3-4,8,15,18,32H2,1-2H3. The Morgan fingerprint density at radius 1 is 1.03 bits per heavy atom. The molecule has 7 heteroatoms. The van der Waals surface area contributed by atoms with E-state index in [0.717, 1.165) is 24.8 Å². The largest absolute Gasteiger partial charge is 0.507 e. The van der Waals surface area contributed by atoms with Crippen molar-refractivity contribution in [3.8, 4) is 34.2 Å². The molecule has 0 saturated carbocycles. The lowest BCUT2D eigenvalue weighted by Crippen LogP contribution is -2.25. The molecular formula is C29H29ClN4O2. The number of pyridine rings is 1. The summed E-state index contributed by atoms with van der Waals surface area (Å²) in [6.45, 7) is 4.77. The Bertz CT molecular complexity index is 1480. The summed E-state index contributed by atoms with van der Waals surface area (Å²) < 4.78 is 3.44. The molecule has 0 atom stereocenters. The molecule has 0 aliphatic carbocycles. The lowest BCUT2D eigenvalue weighted by molar-refractivity contribution is 0.471. The Kier molecular flexibility index (Phi) is 7.52. The van der Waals surface area contributed by atoms with Gasteiger partial charge in [0.25, 0.3) is 5.56 Å². The maximum absolute atomic E-state index is 14.0. The van der Waals surface area contributed by atoms with E-state index in [4.69, 9.17) is 17.3 Å². The fraction of sp³-hybridized carbons (Fsp3) is 0.241. The molecular weight excluding hydrogens is 472 g/mol. The van der Waals surface area contributed by atoms with Crippen LogP contribution in [0.25, 0.3) is 22.4 Å². The van der Waals surface area contributed by atoms with Crippen molar-refractivity contribution in [2.45, 2.75) is 46.2 Å². The summed E-state index contributed by atoms with van der Waals surface area (Å²) in [5, 5.41) is 21.8. The van der Waals surface area contributed by atoms with E-state index < -0.39 is 0 Å². The summed E-state index contributed by atoms with van der Waals surface area (Å²) in [5.41, 5.74) is 9.85. The van der Waals surface area contributed by atoms with Crippen molar-refractivity contribution in [1.29, 1.82) is 5.26 Å². The molecule has 4 aromatic rings. The zero-order chi connectivity index (χ0) is 25.8. The minimum absolute atomic E-state index is 0.131. The van der Waals surface area contributed by atoms with Gasteiger partial charge >= 0.3 is 0 Å². The number of halogens is 1. The number of nitrogens with two attached hydrogens (primary N) is 1. The van der Waals surface area contributed by atoms with Crippen LogP contribution in [0.15, 0.2) is 65.5 Å². The highest BCUT2D eigenvalue weighted by Gasteiger charge is 2.28. The number of nitriles is 1. The highest BCUT2D eigenvalue weighted by atomic mass is 35.5. The normalized spacial score (nSPS) is 10.9. The van der Waals surface area contributed by atoms with Gasteiger partial charge in [0.15, 0.2) is 0 Å². The van der Waals surface area contributed by atoms with Crippen molar-refractivity contribution < 1.29 is 5.11 Å². The van der Waals surface area contributed by atoms with Gasteiger partial charge in [-0.25, -0.2) is 0 Å². The van der Waals surface area contributed by atoms with Crippen molar-refractivity contribution in [3.05, 3.63) is 92.9 Å². The number of nitrogens with zero attached hydrogens (tertiary/aromatic N) is 3. The summed E-state index contributed by atoms with van der Waals surface area (Å²) in [6, 6.07) is 20.6. The first kappa shape index (κ1) is 25.2. The van der Waals surface area contributed by atoms with Crippen molar-refractivity contribution in [2.24, 2.45) is 0 Å². The summed E-state index contributed by atoms with van der Waals surface area (Å²) >= 11 is 6.13. The fourth-order valence-electron chi connectivity index (χ4n) is 4.60. The van der Waals surface area contributed by atoms with Crippen LogP contribution < -0.4 is 11.3 Å². The first-order valence-corrected chi connectivity index (χ1v) is 12.4. The molecule has 0 unspecified atom stereocenters. The molecule has 184 valence electrons. The Balaban J connectivity index is 2.03. The summed E-state index contributed by atoms with van der Waals surface area (Å²) in [6.07, 6.45) is 2.79. The number of hydrogen-bond acceptors (Lipinski definition) is 4. The smallest absolute Gasteiger partial charge is 0.264 e. The first-order valence-electron chi connectivity index (χ1n) is 12.0. The monoisotopic (exact) mass is 500 g/mol. The van der Waals surface area contributed by atoms with Crippen LogP contribution in [0.1, 0.15) is 43.0 Å². The number of hydrogen-bond donors (Lipinski definition) is 2. The lowest BCUT2D eigenvalue weighted by Gasteiger charge is -2.17. The number of aromatic hydroxyl groups is 1. The second-order valence-corrected chi connectivity index (χ2v) is 9.32. The minimum Gasteiger partial charge on any atom is -0.507 e. The van der Waals surface area contributed by atoms with Gasteiger partial charge in [0.2, 0.25) is 0 Å². The highest BCUT2D eigenvalue weighted by molar-refractivity contribution is 6.30. The van der Waals surface area contributed by atoms with Gasteiger partial charge in [0.1, 0.15) is 28.8 Å². The molecule has 36 heavy (non-hydrogen) atoms. The number of anilines is 1. The van der Waals surface area contributed by atoms with Gasteiger partial charge in [-0.15, -0.1) is 0 Å². The third-order valence-electron chi connectivity index (χ3n) is 6.44. The van der Waals surface area contributed by atoms with Crippen LogP contribution in [0, 0.1) is 18.3 Å². The van der Waals surface area contributed by atoms with Crippen LogP contribution in [0.4, 0.5) is 5.82 Å². The quantitative estimate of drug-likeness (QED) is 0.276. The van der Waals surface area contributed by atoms with Gasteiger partial charge in [-0.05, 0) is 36.6 Å². The van der Waals surface area contributed by atoms with Crippen molar-refractivity contribution in [2.75, 3.05) is 5.73 Å². The first-order chi connectivity index (χ1) is 17.4. The molecule has 6 nitrogen and oxygen atoms in total. The molecule has 0 fully saturated rings. The van der Waals surface area contributed by atoms with Crippen LogP contribution in [-0.4, -0.2) is 14.2 Å². The molecule has 0 spiro atoms. The predicted molar refractivity (Wildman–Crippen MR) is 145 cm³/mol. The summed E-state index contributed by atoms with van der Waals surface area (Å²) in [7, 11) is 0.